The Morgan fingerprint density at radius 3 is 1.75 bits per heavy atom. The van der Waals surface area contributed by atoms with Crippen LogP contribution in [0.1, 0.15) is 78.3 Å². The largest absolute Gasteiger partial charge is 0.504 e. The number of likely N-dealkylation sites (tertiary alicyclic amines) is 3. The highest BCUT2D eigenvalue weighted by Gasteiger charge is 2.67. The first-order chi connectivity index (χ1) is 33.4. The van der Waals surface area contributed by atoms with E-state index in [-0.39, 0.29) is 45.9 Å². The molecule has 69 heavy (non-hydrogen) atoms. The van der Waals surface area contributed by atoms with Gasteiger partial charge in [-0.25, -0.2) is 0 Å². The second-order valence-corrected chi connectivity index (χ2v) is 21.9. The fourth-order valence-corrected chi connectivity index (χ4v) is 16.5. The number of fused-ring (bicyclic) bond motifs is 1. The number of likely N-dealkylation sites (N-methyl/N-ethyl adjacent to an activating group) is 3. The van der Waals surface area contributed by atoms with Crippen LogP contribution >= 0.6 is 0 Å². The number of aliphatic hydroxyl groups is 1. The number of carbonyl (C=O) groups is 1. The summed E-state index contributed by atoms with van der Waals surface area (Å²) >= 11 is 0. The molecule has 12 unspecified atom stereocenters. The molecule has 0 amide bonds. The van der Waals surface area contributed by atoms with Crippen molar-refractivity contribution < 1.29 is 48.2 Å². The molecule has 12 atom stereocenters. The van der Waals surface area contributed by atoms with Gasteiger partial charge in [-0.15, -0.1) is 0 Å². The molecule has 3 saturated heterocycles. The molecule has 368 valence electrons. The molecule has 6 aliphatic carbocycles. The zero-order valence-electron chi connectivity index (χ0n) is 41.5. The number of ether oxygens (including phenoxy) is 7. The number of allylic oxidation sites excluding steroid dienone is 1. The number of rotatable bonds is 5. The Hall–Kier alpha value is -4.95. The minimum atomic E-state index is -0.633. The normalized spacial score (nSPS) is 36.7. The number of nitrogens with zero attached hydrogens (tertiary/aromatic N) is 3. The van der Waals surface area contributed by atoms with Gasteiger partial charge < -0.3 is 58.1 Å². The van der Waals surface area contributed by atoms with Crippen LogP contribution in [0, 0.1) is 17.8 Å². The summed E-state index contributed by atoms with van der Waals surface area (Å²) in [6, 6.07) is 13.9. The number of aromatic hydroxyl groups is 1. The summed E-state index contributed by atoms with van der Waals surface area (Å²) in [5.74, 6) is 7.51. The Kier molecular flexibility index (Phi) is 10.7. The lowest BCUT2D eigenvalue weighted by Gasteiger charge is -2.57. The summed E-state index contributed by atoms with van der Waals surface area (Å²) in [6.45, 7) is 3.12. The summed E-state index contributed by atoms with van der Waals surface area (Å²) in [4.78, 5) is 20.1. The summed E-state index contributed by atoms with van der Waals surface area (Å²) in [5.41, 5.74) is 7.38. The second-order valence-electron chi connectivity index (χ2n) is 21.9. The molecule has 3 aromatic carbocycles. The van der Waals surface area contributed by atoms with Crippen molar-refractivity contribution >= 4 is 5.78 Å². The van der Waals surface area contributed by atoms with Gasteiger partial charge in [0.05, 0.1) is 35.5 Å². The molecule has 5 aliphatic heterocycles. The van der Waals surface area contributed by atoms with Crippen LogP contribution in [0.3, 0.4) is 0 Å². The molecule has 14 rings (SSSR count). The van der Waals surface area contributed by atoms with Crippen molar-refractivity contribution in [2.24, 2.45) is 17.8 Å². The van der Waals surface area contributed by atoms with Crippen molar-refractivity contribution in [2.75, 3.05) is 76.3 Å². The lowest BCUT2D eigenvalue weighted by Crippen LogP contribution is -2.65. The van der Waals surface area contributed by atoms with E-state index in [4.69, 9.17) is 33.2 Å². The van der Waals surface area contributed by atoms with E-state index in [9.17, 15) is 15.0 Å². The predicted molar refractivity (Wildman–Crippen MR) is 259 cm³/mol. The zero-order chi connectivity index (χ0) is 47.9. The van der Waals surface area contributed by atoms with Crippen molar-refractivity contribution in [1.29, 1.82) is 0 Å². The van der Waals surface area contributed by atoms with Gasteiger partial charge >= 0.3 is 0 Å². The van der Waals surface area contributed by atoms with E-state index in [2.05, 4.69) is 72.3 Å². The van der Waals surface area contributed by atoms with E-state index in [1.165, 1.54) is 27.8 Å². The quantitative estimate of drug-likeness (QED) is 0.299. The van der Waals surface area contributed by atoms with Crippen molar-refractivity contribution in [3.05, 3.63) is 93.4 Å². The number of phenolic OH excluding ortho intramolecular Hbond substituents is 1. The number of piperidine rings is 3. The first-order valence-corrected chi connectivity index (χ1v) is 25.3. The molecule has 3 aromatic rings. The molecule has 13 nitrogen and oxygen atoms in total. The van der Waals surface area contributed by atoms with Crippen molar-refractivity contribution in [1.82, 2.24) is 14.7 Å². The molecule has 11 aliphatic rings. The lowest BCUT2D eigenvalue weighted by atomic mass is 9.52. The number of ketones is 1. The smallest absolute Gasteiger partial charge is 0.174 e. The maximum absolute atomic E-state index is 12.6. The van der Waals surface area contributed by atoms with Crippen molar-refractivity contribution in [3.63, 3.8) is 0 Å². The number of benzene rings is 3. The summed E-state index contributed by atoms with van der Waals surface area (Å²) in [7, 11) is 15.0. The third-order valence-corrected chi connectivity index (χ3v) is 19.6. The van der Waals surface area contributed by atoms with Crippen LogP contribution in [0.15, 0.2) is 60.1 Å². The van der Waals surface area contributed by atoms with Crippen molar-refractivity contribution in [3.8, 4) is 34.5 Å². The Balaban J connectivity index is 0.000000107. The first kappa shape index (κ1) is 45.2. The number of phenols is 1. The van der Waals surface area contributed by atoms with Gasteiger partial charge in [-0.1, -0.05) is 18.2 Å². The molecule has 0 aromatic heterocycles. The molecule has 1 saturated carbocycles. The highest BCUT2D eigenvalue weighted by Crippen LogP contribution is 2.65. The van der Waals surface area contributed by atoms with E-state index in [0.29, 0.717) is 54.3 Å². The minimum Gasteiger partial charge on any atom is -0.504 e. The van der Waals surface area contributed by atoms with Crippen LogP contribution in [0.4, 0.5) is 0 Å². The van der Waals surface area contributed by atoms with Gasteiger partial charge in [-0.3, -0.25) is 4.79 Å². The number of carbonyl (C=O) groups excluding carboxylic acids is 1. The molecular weight excluding hydrogens is 875 g/mol. The number of hydrogen-bond acceptors (Lipinski definition) is 13. The third kappa shape index (κ3) is 6.05. The molecule has 2 N–H and O–H groups in total. The Bertz CT molecular complexity index is 2670. The number of aliphatic hydroxyl groups excluding tert-OH is 1. The lowest BCUT2D eigenvalue weighted by molar-refractivity contribution is -0.138. The topological polar surface area (TPSA) is 132 Å². The van der Waals surface area contributed by atoms with E-state index in [0.717, 1.165) is 105 Å². The van der Waals surface area contributed by atoms with Crippen molar-refractivity contribution in [2.45, 2.75) is 117 Å². The fourth-order valence-electron chi connectivity index (χ4n) is 16.5. The number of hydrogen-bond donors (Lipinski definition) is 2. The second kappa shape index (κ2) is 16.3. The molecule has 6 bridgehead atoms. The highest BCUT2D eigenvalue weighted by molar-refractivity contribution is 5.89. The van der Waals surface area contributed by atoms with Crippen LogP contribution in [0.25, 0.3) is 0 Å². The maximum atomic E-state index is 12.6. The third-order valence-electron chi connectivity index (χ3n) is 19.6. The summed E-state index contributed by atoms with van der Waals surface area (Å²) in [5, 5.41) is 21.5. The number of Topliss-reactive ketones (excluding diaryl/α,β-unsaturated/α-hetero) is 1. The van der Waals surface area contributed by atoms with Gasteiger partial charge in [0.15, 0.2) is 52.5 Å². The zero-order valence-corrected chi connectivity index (χ0v) is 41.5. The average molecular weight is 944 g/mol. The molecule has 5 heterocycles. The molecule has 13 heteroatoms. The average Bonchev–Trinajstić information content (AvgIpc) is 3.90. The molecule has 4 fully saturated rings. The summed E-state index contributed by atoms with van der Waals surface area (Å²) in [6.07, 6.45) is 12.9. The van der Waals surface area contributed by atoms with Gasteiger partial charge in [0, 0.05) is 63.4 Å². The van der Waals surface area contributed by atoms with Gasteiger partial charge in [0.1, 0.15) is 17.6 Å². The number of methoxy groups -OCH3 is 5. The Labute approximate surface area is 406 Å². The van der Waals surface area contributed by atoms with Crippen LogP contribution < -0.4 is 23.7 Å². The van der Waals surface area contributed by atoms with E-state index >= 15 is 0 Å². The van der Waals surface area contributed by atoms with Crippen LogP contribution in [-0.4, -0.2) is 143 Å². The van der Waals surface area contributed by atoms with Gasteiger partial charge in [0.2, 0.25) is 0 Å². The highest BCUT2D eigenvalue weighted by atomic mass is 16.6. The van der Waals surface area contributed by atoms with E-state index in [1.807, 2.05) is 12.1 Å². The molecule has 0 radical (unpaired) electrons. The fraction of sp³-hybridized carbons (Fsp3) is 0.589. The van der Waals surface area contributed by atoms with Crippen LogP contribution in [0.5, 0.6) is 34.5 Å². The monoisotopic (exact) mass is 943 g/mol. The van der Waals surface area contributed by atoms with Gasteiger partial charge in [-0.05, 0) is 157 Å². The van der Waals surface area contributed by atoms with Gasteiger partial charge in [-0.2, -0.15) is 0 Å². The van der Waals surface area contributed by atoms with E-state index in [1.54, 1.807) is 35.5 Å². The Morgan fingerprint density at radius 1 is 0.623 bits per heavy atom. The Morgan fingerprint density at radius 2 is 1.14 bits per heavy atom. The maximum Gasteiger partial charge on any atom is 0.174 e. The van der Waals surface area contributed by atoms with Crippen LogP contribution in [-0.2, 0) is 49.8 Å². The molecular formula is C56H69N3O10. The first-order valence-electron chi connectivity index (χ1n) is 25.3. The summed E-state index contributed by atoms with van der Waals surface area (Å²) < 4.78 is 40.4. The minimum absolute atomic E-state index is 0.00722. The molecule has 2 spiro atoms. The standard InChI is InChI=1S/C19H25NO4.C19H23NO3.C18H21NO3/c1-20-7-6-19-10-14(21)16(24-3)9-12(19)13(20)8-11-4-5-15(23-2)18(22)17(11)19;1-20-9-8-19-12-5-7-15(22-3)18(19)23-17-14(21-2)6-4-11(16(17)19)10-13(12)20;1-19-8-7-18-11-4-5-13(20)17(18)22-16-14(21-2)6-3-10(15(16)18)9-12(11)19/h4-5,9,12-14,21-22H,6-8,10H2,1-3H3;4,6-7,12-13,18H,5,8-10H2,1-3H3;3,6,11-12,17H,4-5,7-9H2,1-2H3. The van der Waals surface area contributed by atoms with Gasteiger partial charge in [0.25, 0.3) is 0 Å². The SMILES string of the molecule is COC1=CC2C3Cc4ccc(OC)c(O)c4C2(CCN3C)CC1O.COC1=CCC2C3Cc4ccc(OC)c5c4C2(CCN3C)C1O5.COc1ccc2c3c1OC1C(=O)CCC4C(C2)N(C)CCC314. The van der Waals surface area contributed by atoms with Crippen LogP contribution in [0.2, 0.25) is 0 Å². The predicted octanol–water partition coefficient (Wildman–Crippen LogP) is 6.25. The van der Waals surface area contributed by atoms with E-state index < -0.39 is 6.10 Å².